The summed E-state index contributed by atoms with van der Waals surface area (Å²) in [7, 11) is 1.66. The minimum absolute atomic E-state index is 0.114. The zero-order valence-corrected chi connectivity index (χ0v) is 18.5. The van der Waals surface area contributed by atoms with E-state index in [1.54, 1.807) is 14.0 Å². The van der Waals surface area contributed by atoms with Crippen LogP contribution in [0.4, 0.5) is 36.3 Å². The number of benzene rings is 2. The first-order chi connectivity index (χ1) is 16.2. The van der Waals surface area contributed by atoms with Crippen molar-refractivity contribution < 1.29 is 22.8 Å². The molecule has 0 unspecified atom stereocenters. The van der Waals surface area contributed by atoms with Crippen molar-refractivity contribution in [3.63, 3.8) is 0 Å². The molecule has 0 radical (unpaired) electrons. The summed E-state index contributed by atoms with van der Waals surface area (Å²) in [5, 5.41) is 17.9. The van der Waals surface area contributed by atoms with Crippen LogP contribution in [-0.4, -0.2) is 48.2 Å². The number of aromatic nitrogens is 2. The van der Waals surface area contributed by atoms with Crippen molar-refractivity contribution in [2.75, 3.05) is 48.9 Å². The summed E-state index contributed by atoms with van der Waals surface area (Å²) in [5.74, 6) is 0.730. The number of hydrogen-bond donors (Lipinski definition) is 2. The SMILES string of the molecule is CNc1nc(N[C@H](C)c2cc([N+](=O)[O-])cc(C(F)(F)F)c2)c2cc(N3CCOCC3)ccc2n1. The van der Waals surface area contributed by atoms with E-state index in [0.717, 1.165) is 30.9 Å². The number of nitro benzene ring substituents is 1. The minimum Gasteiger partial charge on any atom is -0.378 e. The van der Waals surface area contributed by atoms with Crippen LogP contribution in [-0.2, 0) is 10.9 Å². The van der Waals surface area contributed by atoms with Crippen LogP contribution in [0.25, 0.3) is 10.9 Å². The molecule has 180 valence electrons. The maximum atomic E-state index is 13.3. The van der Waals surface area contributed by atoms with Crippen molar-refractivity contribution in [2.45, 2.75) is 19.1 Å². The highest BCUT2D eigenvalue weighted by Gasteiger charge is 2.33. The molecule has 2 N–H and O–H groups in total. The fourth-order valence-electron chi connectivity index (χ4n) is 3.80. The van der Waals surface area contributed by atoms with Crippen LogP contribution in [0.2, 0.25) is 0 Å². The number of halogens is 3. The van der Waals surface area contributed by atoms with Gasteiger partial charge in [-0.25, -0.2) is 4.98 Å². The second kappa shape index (κ2) is 9.29. The first kappa shape index (κ1) is 23.5. The summed E-state index contributed by atoms with van der Waals surface area (Å²) < 4.78 is 45.4. The number of morpholine rings is 1. The molecular weight excluding hydrogens is 453 g/mol. The Labute approximate surface area is 193 Å². The highest BCUT2D eigenvalue weighted by atomic mass is 19.4. The number of fused-ring (bicyclic) bond motifs is 1. The lowest BCUT2D eigenvalue weighted by Crippen LogP contribution is -2.36. The van der Waals surface area contributed by atoms with Gasteiger partial charge in [-0.05, 0) is 36.8 Å². The van der Waals surface area contributed by atoms with Gasteiger partial charge in [0.15, 0.2) is 0 Å². The Balaban J connectivity index is 1.74. The van der Waals surface area contributed by atoms with Crippen molar-refractivity contribution in [1.82, 2.24) is 9.97 Å². The van der Waals surface area contributed by atoms with Gasteiger partial charge in [0.2, 0.25) is 5.95 Å². The molecule has 1 saturated heterocycles. The van der Waals surface area contributed by atoms with Crippen LogP contribution in [0.5, 0.6) is 0 Å². The summed E-state index contributed by atoms with van der Waals surface area (Å²) in [6.45, 7) is 4.31. The lowest BCUT2D eigenvalue weighted by atomic mass is 10.0. The van der Waals surface area contributed by atoms with E-state index >= 15 is 0 Å². The monoisotopic (exact) mass is 476 g/mol. The van der Waals surface area contributed by atoms with Gasteiger partial charge in [-0.1, -0.05) is 0 Å². The summed E-state index contributed by atoms with van der Waals surface area (Å²) in [4.78, 5) is 21.5. The molecule has 1 atom stereocenters. The number of ether oxygens (including phenoxy) is 1. The highest BCUT2D eigenvalue weighted by Crippen LogP contribution is 2.35. The molecular formula is C22H23F3N6O3. The van der Waals surface area contributed by atoms with E-state index < -0.39 is 28.4 Å². The fraction of sp³-hybridized carbons (Fsp3) is 0.364. The largest absolute Gasteiger partial charge is 0.416 e. The number of anilines is 3. The van der Waals surface area contributed by atoms with Gasteiger partial charge in [0.25, 0.3) is 5.69 Å². The number of nitrogens with one attached hydrogen (secondary N) is 2. The maximum Gasteiger partial charge on any atom is 0.416 e. The summed E-state index contributed by atoms with van der Waals surface area (Å²) in [5.41, 5.74) is -0.00770. The quantitative estimate of drug-likeness (QED) is 0.393. The average Bonchev–Trinajstić information content (AvgIpc) is 2.83. The zero-order valence-electron chi connectivity index (χ0n) is 18.5. The van der Waals surface area contributed by atoms with Crippen LogP contribution >= 0.6 is 0 Å². The molecule has 1 aromatic heterocycles. The van der Waals surface area contributed by atoms with E-state index in [4.69, 9.17) is 4.74 Å². The Hall–Kier alpha value is -3.67. The number of rotatable bonds is 6. The van der Waals surface area contributed by atoms with E-state index in [9.17, 15) is 23.3 Å². The lowest BCUT2D eigenvalue weighted by Gasteiger charge is -2.29. The van der Waals surface area contributed by atoms with Crippen LogP contribution in [0, 0.1) is 10.1 Å². The van der Waals surface area contributed by atoms with Crippen molar-refractivity contribution in [1.29, 1.82) is 0 Å². The van der Waals surface area contributed by atoms with E-state index in [2.05, 4.69) is 25.5 Å². The zero-order chi connectivity index (χ0) is 24.5. The van der Waals surface area contributed by atoms with Gasteiger partial charge >= 0.3 is 6.18 Å². The van der Waals surface area contributed by atoms with Crippen LogP contribution < -0.4 is 15.5 Å². The summed E-state index contributed by atoms with van der Waals surface area (Å²) in [6.07, 6.45) is -4.71. The average molecular weight is 476 g/mol. The minimum atomic E-state index is -4.71. The predicted octanol–water partition coefficient (Wildman–Crippen LogP) is 4.61. The van der Waals surface area contributed by atoms with Gasteiger partial charge in [0.1, 0.15) is 5.82 Å². The molecule has 2 heterocycles. The van der Waals surface area contributed by atoms with E-state index in [1.165, 1.54) is 0 Å². The molecule has 9 nitrogen and oxygen atoms in total. The van der Waals surface area contributed by atoms with Crippen LogP contribution in [0.3, 0.4) is 0 Å². The number of non-ortho nitro benzene ring substituents is 1. The molecule has 12 heteroatoms. The topological polar surface area (TPSA) is 105 Å². The second-order valence-corrected chi connectivity index (χ2v) is 7.88. The van der Waals surface area contributed by atoms with Gasteiger partial charge in [-0.3, -0.25) is 10.1 Å². The molecule has 2 aromatic carbocycles. The van der Waals surface area contributed by atoms with Crippen molar-refractivity contribution in [2.24, 2.45) is 0 Å². The fourth-order valence-corrected chi connectivity index (χ4v) is 3.80. The van der Waals surface area contributed by atoms with Crippen LogP contribution in [0.15, 0.2) is 36.4 Å². The Morgan fingerprint density at radius 3 is 2.53 bits per heavy atom. The maximum absolute atomic E-state index is 13.3. The van der Waals surface area contributed by atoms with Crippen LogP contribution in [0.1, 0.15) is 24.1 Å². The molecule has 0 spiro atoms. The third-order valence-electron chi connectivity index (χ3n) is 5.61. The second-order valence-electron chi connectivity index (χ2n) is 7.88. The number of nitrogens with zero attached hydrogens (tertiary/aromatic N) is 4. The van der Waals surface area contributed by atoms with Gasteiger partial charge in [0, 0.05) is 43.3 Å². The lowest BCUT2D eigenvalue weighted by molar-refractivity contribution is -0.385. The Morgan fingerprint density at radius 2 is 1.88 bits per heavy atom. The standard InChI is InChI=1S/C22H23F3N6O3/c1-13(14-9-15(22(23,24)25)11-17(10-14)31(32)33)27-20-18-12-16(30-5-7-34-8-6-30)3-4-19(18)28-21(26-2)29-20/h3-4,9-13H,5-8H2,1-2H3,(H2,26,27,28,29)/t13-/m1/s1. The molecule has 0 bridgehead atoms. The molecule has 0 amide bonds. The van der Waals surface area contributed by atoms with Gasteiger partial charge < -0.3 is 20.3 Å². The third kappa shape index (κ3) is 4.96. The van der Waals surface area contributed by atoms with Crippen molar-refractivity contribution >= 4 is 34.0 Å². The first-order valence-corrected chi connectivity index (χ1v) is 10.6. The molecule has 1 aliphatic heterocycles. The first-order valence-electron chi connectivity index (χ1n) is 10.6. The predicted molar refractivity (Wildman–Crippen MR) is 122 cm³/mol. The molecule has 1 aliphatic rings. The third-order valence-corrected chi connectivity index (χ3v) is 5.61. The van der Waals surface area contributed by atoms with E-state index in [0.29, 0.717) is 41.9 Å². The normalized spacial score (nSPS) is 15.3. The molecule has 0 saturated carbocycles. The molecule has 0 aliphatic carbocycles. The van der Waals surface area contributed by atoms with Crippen molar-refractivity contribution in [3.8, 4) is 0 Å². The molecule has 4 rings (SSSR count). The van der Waals surface area contributed by atoms with E-state index in [1.807, 2.05) is 18.2 Å². The number of hydrogen-bond acceptors (Lipinski definition) is 8. The van der Waals surface area contributed by atoms with Gasteiger partial charge in [-0.2, -0.15) is 18.2 Å². The Morgan fingerprint density at radius 1 is 1.15 bits per heavy atom. The Kier molecular flexibility index (Phi) is 6.42. The molecule has 34 heavy (non-hydrogen) atoms. The summed E-state index contributed by atoms with van der Waals surface area (Å²) >= 11 is 0. The molecule has 1 fully saturated rings. The Bertz CT molecular complexity index is 1210. The molecule has 3 aromatic rings. The highest BCUT2D eigenvalue weighted by molar-refractivity contribution is 5.93. The number of nitro groups is 1. The van der Waals surface area contributed by atoms with Crippen molar-refractivity contribution in [3.05, 3.63) is 57.6 Å². The van der Waals surface area contributed by atoms with Gasteiger partial charge in [0.05, 0.1) is 35.3 Å². The van der Waals surface area contributed by atoms with Gasteiger partial charge in [-0.15, -0.1) is 0 Å². The van der Waals surface area contributed by atoms with E-state index in [-0.39, 0.29) is 5.56 Å². The number of alkyl halides is 3. The summed E-state index contributed by atoms with van der Waals surface area (Å²) in [6, 6.07) is 7.58. The smallest absolute Gasteiger partial charge is 0.378 e.